The number of anilines is 1. The van der Waals surface area contributed by atoms with Crippen LogP contribution in [0.1, 0.15) is 44.2 Å². The third-order valence-corrected chi connectivity index (χ3v) is 5.26. The first kappa shape index (κ1) is 20.1. The molecule has 2 aromatic carbocycles. The van der Waals surface area contributed by atoms with Gasteiger partial charge in [-0.25, -0.2) is 4.98 Å². The second kappa shape index (κ2) is 9.51. The molecule has 3 aromatic rings. The highest BCUT2D eigenvalue weighted by molar-refractivity contribution is 7.14. The molecule has 0 bridgehead atoms. The van der Waals surface area contributed by atoms with Gasteiger partial charge in [-0.15, -0.1) is 11.3 Å². The van der Waals surface area contributed by atoms with Crippen LogP contribution in [0.4, 0.5) is 5.13 Å². The van der Waals surface area contributed by atoms with Gasteiger partial charge in [0.05, 0.1) is 12.3 Å². The van der Waals surface area contributed by atoms with Crippen LogP contribution in [0.15, 0.2) is 53.9 Å². The van der Waals surface area contributed by atoms with Crippen molar-refractivity contribution in [2.75, 3.05) is 11.9 Å². The third kappa shape index (κ3) is 5.42. The number of amides is 1. The number of ether oxygens (including phenoxy) is 1. The van der Waals surface area contributed by atoms with Crippen molar-refractivity contribution in [1.82, 2.24) is 4.98 Å². The zero-order chi connectivity index (χ0) is 19.9. The van der Waals surface area contributed by atoms with Crippen LogP contribution in [0.2, 0.25) is 0 Å². The third-order valence-electron chi connectivity index (χ3n) is 4.50. The SMILES string of the molecule is CCOc1ccc(-c2csc(NC(=O)CCc3ccc(C(C)C)cc3)n2)cc1. The molecule has 1 N–H and O–H groups in total. The van der Waals surface area contributed by atoms with Gasteiger partial charge < -0.3 is 10.1 Å². The van der Waals surface area contributed by atoms with Gasteiger partial charge in [0.25, 0.3) is 0 Å². The molecule has 28 heavy (non-hydrogen) atoms. The van der Waals surface area contributed by atoms with E-state index in [2.05, 4.69) is 48.4 Å². The molecule has 146 valence electrons. The van der Waals surface area contributed by atoms with Crippen LogP contribution in [-0.4, -0.2) is 17.5 Å². The minimum absolute atomic E-state index is 0.0134. The Morgan fingerprint density at radius 2 is 1.82 bits per heavy atom. The maximum absolute atomic E-state index is 12.3. The van der Waals surface area contributed by atoms with Gasteiger partial charge >= 0.3 is 0 Å². The van der Waals surface area contributed by atoms with Crippen LogP contribution < -0.4 is 10.1 Å². The summed E-state index contributed by atoms with van der Waals surface area (Å²) >= 11 is 1.44. The maximum Gasteiger partial charge on any atom is 0.226 e. The first-order valence-electron chi connectivity index (χ1n) is 9.62. The zero-order valence-corrected chi connectivity index (χ0v) is 17.4. The van der Waals surface area contributed by atoms with Gasteiger partial charge in [-0.3, -0.25) is 4.79 Å². The Kier molecular flexibility index (Phi) is 6.82. The van der Waals surface area contributed by atoms with Crippen LogP contribution in [0, 0.1) is 0 Å². The fraction of sp³-hybridized carbons (Fsp3) is 0.304. The van der Waals surface area contributed by atoms with Crippen molar-refractivity contribution in [2.24, 2.45) is 0 Å². The van der Waals surface area contributed by atoms with Gasteiger partial charge in [0, 0.05) is 17.4 Å². The van der Waals surface area contributed by atoms with Gasteiger partial charge in [-0.05, 0) is 54.7 Å². The highest BCUT2D eigenvalue weighted by Gasteiger charge is 2.09. The first-order valence-corrected chi connectivity index (χ1v) is 10.5. The molecule has 5 heteroatoms. The van der Waals surface area contributed by atoms with E-state index in [1.54, 1.807) is 0 Å². The molecule has 4 nitrogen and oxygen atoms in total. The number of aromatic nitrogens is 1. The molecule has 0 aliphatic heterocycles. The van der Waals surface area contributed by atoms with Crippen molar-refractivity contribution in [3.05, 3.63) is 65.0 Å². The predicted molar refractivity (Wildman–Crippen MR) is 116 cm³/mol. The summed E-state index contributed by atoms with van der Waals surface area (Å²) in [7, 11) is 0. The van der Waals surface area contributed by atoms with Crippen LogP contribution in [0.25, 0.3) is 11.3 Å². The minimum Gasteiger partial charge on any atom is -0.494 e. The van der Waals surface area contributed by atoms with Crippen LogP contribution in [0.3, 0.4) is 0 Å². The molecule has 1 heterocycles. The van der Waals surface area contributed by atoms with Crippen LogP contribution in [-0.2, 0) is 11.2 Å². The number of hydrogen-bond acceptors (Lipinski definition) is 4. The normalized spacial score (nSPS) is 10.9. The van der Waals surface area contributed by atoms with E-state index >= 15 is 0 Å². The molecule has 0 aliphatic rings. The molecule has 0 aliphatic carbocycles. The molecule has 3 rings (SSSR count). The Morgan fingerprint density at radius 3 is 2.46 bits per heavy atom. The predicted octanol–water partition coefficient (Wildman–Crippen LogP) is 5.90. The second-order valence-corrected chi connectivity index (χ2v) is 7.80. The van der Waals surface area contributed by atoms with E-state index in [-0.39, 0.29) is 5.91 Å². The molecule has 0 saturated carbocycles. The number of thiazole rings is 1. The number of rotatable bonds is 8. The Hall–Kier alpha value is -2.66. The fourth-order valence-electron chi connectivity index (χ4n) is 2.86. The van der Waals surface area contributed by atoms with Gasteiger partial charge in [0.1, 0.15) is 5.75 Å². The molecule has 0 atom stereocenters. The molecule has 0 unspecified atom stereocenters. The minimum atomic E-state index is -0.0134. The van der Waals surface area contributed by atoms with Crippen molar-refractivity contribution in [3.8, 4) is 17.0 Å². The monoisotopic (exact) mass is 394 g/mol. The standard InChI is InChI=1S/C23H26N2O2S/c1-4-27-20-12-10-19(11-13-20)21-15-28-23(24-21)25-22(26)14-7-17-5-8-18(9-6-17)16(2)3/h5-6,8-13,15-16H,4,7,14H2,1-3H3,(H,24,25,26). The van der Waals surface area contributed by atoms with Gasteiger partial charge in [0.2, 0.25) is 5.91 Å². The summed E-state index contributed by atoms with van der Waals surface area (Å²) < 4.78 is 5.46. The Balaban J connectivity index is 1.53. The molecule has 0 radical (unpaired) electrons. The average molecular weight is 395 g/mol. The number of aryl methyl sites for hydroxylation is 1. The van der Waals surface area contributed by atoms with Crippen molar-refractivity contribution in [2.45, 2.75) is 39.5 Å². The van der Waals surface area contributed by atoms with Crippen LogP contribution in [0.5, 0.6) is 5.75 Å². The van der Waals surface area contributed by atoms with Crippen LogP contribution >= 0.6 is 11.3 Å². The highest BCUT2D eigenvalue weighted by Crippen LogP contribution is 2.26. The highest BCUT2D eigenvalue weighted by atomic mass is 32.1. The lowest BCUT2D eigenvalue weighted by molar-refractivity contribution is -0.116. The Bertz CT molecular complexity index is 899. The number of nitrogens with zero attached hydrogens (tertiary/aromatic N) is 1. The molecule has 1 amide bonds. The van der Waals surface area contributed by atoms with E-state index in [4.69, 9.17) is 4.74 Å². The molecular formula is C23H26N2O2S. The zero-order valence-electron chi connectivity index (χ0n) is 16.6. The summed E-state index contributed by atoms with van der Waals surface area (Å²) in [4.78, 5) is 16.8. The van der Waals surface area contributed by atoms with E-state index in [0.717, 1.165) is 23.4 Å². The fourth-order valence-corrected chi connectivity index (χ4v) is 3.60. The van der Waals surface area contributed by atoms with E-state index in [0.29, 0.717) is 24.1 Å². The average Bonchev–Trinajstić information content (AvgIpc) is 3.16. The lowest BCUT2D eigenvalue weighted by Crippen LogP contribution is -2.12. The number of carbonyl (C=O) groups is 1. The number of benzene rings is 2. The molecule has 1 aromatic heterocycles. The smallest absolute Gasteiger partial charge is 0.226 e. The quantitative estimate of drug-likeness (QED) is 0.517. The van der Waals surface area contributed by atoms with Gasteiger partial charge in [0.15, 0.2) is 5.13 Å². The van der Waals surface area contributed by atoms with Crippen molar-refractivity contribution < 1.29 is 9.53 Å². The topological polar surface area (TPSA) is 51.2 Å². The number of nitrogens with one attached hydrogen (secondary N) is 1. The maximum atomic E-state index is 12.3. The summed E-state index contributed by atoms with van der Waals surface area (Å²) in [5.41, 5.74) is 4.35. The Morgan fingerprint density at radius 1 is 1.11 bits per heavy atom. The van der Waals surface area contributed by atoms with Crippen molar-refractivity contribution >= 4 is 22.4 Å². The summed E-state index contributed by atoms with van der Waals surface area (Å²) in [6.07, 6.45) is 1.17. The molecule has 0 saturated heterocycles. The van der Waals surface area contributed by atoms with E-state index in [9.17, 15) is 4.79 Å². The second-order valence-electron chi connectivity index (χ2n) is 6.94. The first-order chi connectivity index (χ1) is 13.5. The summed E-state index contributed by atoms with van der Waals surface area (Å²) in [5, 5.41) is 5.49. The number of hydrogen-bond donors (Lipinski definition) is 1. The summed E-state index contributed by atoms with van der Waals surface area (Å²) in [5.74, 6) is 1.35. The van der Waals surface area contributed by atoms with E-state index in [1.807, 2.05) is 36.6 Å². The largest absolute Gasteiger partial charge is 0.494 e. The molecular weight excluding hydrogens is 368 g/mol. The van der Waals surface area contributed by atoms with E-state index < -0.39 is 0 Å². The Labute approximate surface area is 170 Å². The molecule has 0 fully saturated rings. The van der Waals surface area contributed by atoms with Crippen molar-refractivity contribution in [1.29, 1.82) is 0 Å². The van der Waals surface area contributed by atoms with E-state index in [1.165, 1.54) is 22.5 Å². The number of carbonyl (C=O) groups excluding carboxylic acids is 1. The van der Waals surface area contributed by atoms with Gasteiger partial charge in [-0.2, -0.15) is 0 Å². The summed E-state index contributed by atoms with van der Waals surface area (Å²) in [6, 6.07) is 16.3. The van der Waals surface area contributed by atoms with Gasteiger partial charge in [-0.1, -0.05) is 38.1 Å². The summed E-state index contributed by atoms with van der Waals surface area (Å²) in [6.45, 7) is 6.97. The lowest BCUT2D eigenvalue weighted by Gasteiger charge is -2.07. The molecule has 0 spiro atoms. The van der Waals surface area contributed by atoms with Crippen molar-refractivity contribution in [3.63, 3.8) is 0 Å². The lowest BCUT2D eigenvalue weighted by atomic mass is 10.0.